The van der Waals surface area contributed by atoms with Gasteiger partial charge in [0, 0.05) is 12.6 Å². The molecular formula is C16H33NO. The molecule has 0 aromatic heterocycles. The van der Waals surface area contributed by atoms with Crippen molar-refractivity contribution in [3.63, 3.8) is 0 Å². The van der Waals surface area contributed by atoms with Crippen molar-refractivity contribution in [2.75, 3.05) is 13.2 Å². The fourth-order valence-corrected chi connectivity index (χ4v) is 2.86. The van der Waals surface area contributed by atoms with Gasteiger partial charge in [0.05, 0.1) is 6.10 Å². The minimum Gasteiger partial charge on any atom is -0.378 e. The molecule has 2 unspecified atom stereocenters. The van der Waals surface area contributed by atoms with Crippen LogP contribution in [0.25, 0.3) is 0 Å². The van der Waals surface area contributed by atoms with Gasteiger partial charge in [0.2, 0.25) is 0 Å². The van der Waals surface area contributed by atoms with E-state index in [9.17, 15) is 0 Å². The van der Waals surface area contributed by atoms with E-state index in [4.69, 9.17) is 4.74 Å². The van der Waals surface area contributed by atoms with Crippen LogP contribution in [-0.2, 0) is 4.74 Å². The summed E-state index contributed by atoms with van der Waals surface area (Å²) in [6.45, 7) is 11.3. The molecule has 1 saturated heterocycles. The average molecular weight is 255 g/mol. The number of rotatable bonds is 8. The molecular weight excluding hydrogens is 222 g/mol. The molecule has 1 aliphatic heterocycles. The monoisotopic (exact) mass is 255 g/mol. The molecule has 2 atom stereocenters. The van der Waals surface area contributed by atoms with Gasteiger partial charge >= 0.3 is 0 Å². The second-order valence-electron chi connectivity index (χ2n) is 6.75. The summed E-state index contributed by atoms with van der Waals surface area (Å²) in [6, 6.07) is 0.658. The predicted molar refractivity (Wildman–Crippen MR) is 79.0 cm³/mol. The van der Waals surface area contributed by atoms with Crippen molar-refractivity contribution in [1.29, 1.82) is 0 Å². The molecule has 0 bridgehead atoms. The molecule has 1 rings (SSSR count). The number of unbranched alkanes of at least 4 members (excludes halogenated alkanes) is 2. The quantitative estimate of drug-likeness (QED) is 0.658. The van der Waals surface area contributed by atoms with E-state index in [0.717, 1.165) is 13.2 Å². The SMILES string of the molecule is CCNC(CCCCCC1CCCO1)C(C)(C)C. The van der Waals surface area contributed by atoms with Gasteiger partial charge in [-0.25, -0.2) is 0 Å². The van der Waals surface area contributed by atoms with Crippen LogP contribution in [0.4, 0.5) is 0 Å². The van der Waals surface area contributed by atoms with Crippen molar-refractivity contribution >= 4 is 0 Å². The molecule has 2 nitrogen and oxygen atoms in total. The van der Waals surface area contributed by atoms with Crippen molar-refractivity contribution in [3.05, 3.63) is 0 Å². The standard InChI is InChI=1S/C16H33NO/c1-5-17-15(16(2,3)4)12-8-6-7-10-14-11-9-13-18-14/h14-15,17H,5-13H2,1-4H3. The molecule has 0 spiro atoms. The Morgan fingerprint density at radius 1 is 1.22 bits per heavy atom. The summed E-state index contributed by atoms with van der Waals surface area (Å²) in [5.41, 5.74) is 0.380. The highest BCUT2D eigenvalue weighted by Crippen LogP contribution is 2.24. The maximum atomic E-state index is 5.66. The zero-order chi connectivity index (χ0) is 13.4. The molecule has 1 N–H and O–H groups in total. The Labute approximate surface area is 114 Å². The van der Waals surface area contributed by atoms with Crippen LogP contribution in [0.2, 0.25) is 0 Å². The van der Waals surface area contributed by atoms with E-state index in [1.807, 2.05) is 0 Å². The molecule has 0 aliphatic carbocycles. The maximum absolute atomic E-state index is 5.66. The zero-order valence-electron chi connectivity index (χ0n) is 12.9. The van der Waals surface area contributed by atoms with Gasteiger partial charge in [-0.05, 0) is 37.6 Å². The first-order valence-corrected chi connectivity index (χ1v) is 7.89. The predicted octanol–water partition coefficient (Wildman–Crippen LogP) is 4.14. The highest BCUT2D eigenvalue weighted by Gasteiger charge is 2.22. The second-order valence-corrected chi connectivity index (χ2v) is 6.75. The summed E-state index contributed by atoms with van der Waals surface area (Å²) in [5.74, 6) is 0. The number of hydrogen-bond donors (Lipinski definition) is 1. The first-order valence-electron chi connectivity index (χ1n) is 7.89. The molecule has 0 saturated carbocycles. The highest BCUT2D eigenvalue weighted by atomic mass is 16.5. The van der Waals surface area contributed by atoms with Crippen molar-refractivity contribution in [1.82, 2.24) is 5.32 Å². The number of ether oxygens (including phenoxy) is 1. The number of hydrogen-bond acceptors (Lipinski definition) is 2. The smallest absolute Gasteiger partial charge is 0.0576 e. The van der Waals surface area contributed by atoms with Gasteiger partial charge in [0.1, 0.15) is 0 Å². The van der Waals surface area contributed by atoms with Crippen LogP contribution in [0.15, 0.2) is 0 Å². The maximum Gasteiger partial charge on any atom is 0.0576 e. The lowest BCUT2D eigenvalue weighted by Crippen LogP contribution is -2.40. The summed E-state index contributed by atoms with van der Waals surface area (Å²) < 4.78 is 5.66. The van der Waals surface area contributed by atoms with Gasteiger partial charge in [-0.2, -0.15) is 0 Å². The molecule has 0 radical (unpaired) electrons. The Kier molecular flexibility index (Phi) is 7.25. The largest absolute Gasteiger partial charge is 0.378 e. The van der Waals surface area contributed by atoms with E-state index in [2.05, 4.69) is 33.0 Å². The lowest BCUT2D eigenvalue weighted by Gasteiger charge is -2.31. The fourth-order valence-electron chi connectivity index (χ4n) is 2.86. The van der Waals surface area contributed by atoms with Crippen molar-refractivity contribution in [2.24, 2.45) is 5.41 Å². The van der Waals surface area contributed by atoms with Crippen LogP contribution < -0.4 is 5.32 Å². The highest BCUT2D eigenvalue weighted by molar-refractivity contribution is 4.79. The normalized spacial score (nSPS) is 22.3. The molecule has 1 heterocycles. The Bertz CT molecular complexity index is 204. The van der Waals surface area contributed by atoms with Crippen LogP contribution in [0.3, 0.4) is 0 Å². The first-order chi connectivity index (χ1) is 8.54. The third kappa shape index (κ3) is 6.19. The molecule has 1 aliphatic rings. The van der Waals surface area contributed by atoms with E-state index >= 15 is 0 Å². The molecule has 0 amide bonds. The Morgan fingerprint density at radius 2 is 2.00 bits per heavy atom. The molecule has 18 heavy (non-hydrogen) atoms. The van der Waals surface area contributed by atoms with E-state index < -0.39 is 0 Å². The Hall–Kier alpha value is -0.0800. The van der Waals surface area contributed by atoms with E-state index in [1.165, 1.54) is 44.9 Å². The van der Waals surface area contributed by atoms with E-state index in [1.54, 1.807) is 0 Å². The molecule has 0 aromatic carbocycles. The third-order valence-electron chi connectivity index (χ3n) is 4.04. The minimum absolute atomic E-state index is 0.380. The Balaban J connectivity index is 2.07. The van der Waals surface area contributed by atoms with Crippen molar-refractivity contribution < 1.29 is 4.74 Å². The van der Waals surface area contributed by atoms with Crippen molar-refractivity contribution in [2.45, 2.75) is 84.8 Å². The fraction of sp³-hybridized carbons (Fsp3) is 1.00. The summed E-state index contributed by atoms with van der Waals surface area (Å²) in [5, 5.41) is 3.63. The van der Waals surface area contributed by atoms with Crippen LogP contribution in [-0.4, -0.2) is 25.3 Å². The van der Waals surface area contributed by atoms with Crippen LogP contribution in [0.5, 0.6) is 0 Å². The lowest BCUT2D eigenvalue weighted by molar-refractivity contribution is 0.101. The number of nitrogens with one attached hydrogen (secondary N) is 1. The van der Waals surface area contributed by atoms with Gasteiger partial charge in [-0.15, -0.1) is 0 Å². The average Bonchev–Trinajstić information content (AvgIpc) is 2.78. The summed E-state index contributed by atoms with van der Waals surface area (Å²) in [6.07, 6.45) is 9.79. The van der Waals surface area contributed by atoms with Gasteiger partial charge in [0.15, 0.2) is 0 Å². The summed E-state index contributed by atoms with van der Waals surface area (Å²) >= 11 is 0. The van der Waals surface area contributed by atoms with Crippen LogP contribution in [0.1, 0.15) is 72.6 Å². The minimum atomic E-state index is 0.380. The lowest BCUT2D eigenvalue weighted by atomic mass is 9.83. The van der Waals surface area contributed by atoms with Crippen LogP contribution >= 0.6 is 0 Å². The van der Waals surface area contributed by atoms with E-state index in [-0.39, 0.29) is 0 Å². The van der Waals surface area contributed by atoms with Gasteiger partial charge < -0.3 is 10.1 Å². The first kappa shape index (κ1) is 16.0. The molecule has 0 aromatic rings. The van der Waals surface area contributed by atoms with Gasteiger partial charge in [0.25, 0.3) is 0 Å². The summed E-state index contributed by atoms with van der Waals surface area (Å²) in [4.78, 5) is 0. The van der Waals surface area contributed by atoms with E-state index in [0.29, 0.717) is 17.6 Å². The zero-order valence-corrected chi connectivity index (χ0v) is 12.9. The summed E-state index contributed by atoms with van der Waals surface area (Å²) in [7, 11) is 0. The van der Waals surface area contributed by atoms with Gasteiger partial charge in [-0.1, -0.05) is 47.0 Å². The molecule has 108 valence electrons. The molecule has 2 heteroatoms. The van der Waals surface area contributed by atoms with Crippen LogP contribution in [0, 0.1) is 5.41 Å². The second kappa shape index (κ2) is 8.16. The van der Waals surface area contributed by atoms with Gasteiger partial charge in [-0.3, -0.25) is 0 Å². The molecule has 1 fully saturated rings. The Morgan fingerprint density at radius 3 is 2.56 bits per heavy atom. The third-order valence-corrected chi connectivity index (χ3v) is 4.04. The topological polar surface area (TPSA) is 21.3 Å². The van der Waals surface area contributed by atoms with Crippen molar-refractivity contribution in [3.8, 4) is 0 Å².